The highest BCUT2D eigenvalue weighted by molar-refractivity contribution is 5.93. The third-order valence-electron chi connectivity index (χ3n) is 6.63. The molecule has 0 N–H and O–H groups in total. The van der Waals surface area contributed by atoms with Gasteiger partial charge in [0.1, 0.15) is 0 Å². The molecule has 0 bridgehead atoms. The lowest BCUT2D eigenvalue weighted by atomic mass is 10.1. The molecule has 5 rings (SSSR count). The predicted octanol–water partition coefficient (Wildman–Crippen LogP) is 8.98. The summed E-state index contributed by atoms with van der Waals surface area (Å²) in [5.41, 5.74) is 6.38. The average Bonchev–Trinajstić information content (AvgIpc) is 3.04. The third kappa shape index (κ3) is 6.34. The highest BCUT2D eigenvalue weighted by Gasteiger charge is 2.18. The fraction of sp³-hybridized carbons (Fsp3) is 0.111. The number of nitrogens with zero attached hydrogens (tertiary/aromatic N) is 2. The van der Waals surface area contributed by atoms with Gasteiger partial charge in [-0.25, -0.2) is 9.59 Å². The number of carbonyl (C=O) groups is 2. The summed E-state index contributed by atoms with van der Waals surface area (Å²) in [6.07, 6.45) is 0. The van der Waals surface area contributed by atoms with Crippen molar-refractivity contribution in [3.05, 3.63) is 145 Å². The van der Waals surface area contributed by atoms with Crippen molar-refractivity contribution in [1.82, 2.24) is 0 Å². The van der Waals surface area contributed by atoms with Crippen LogP contribution in [-0.4, -0.2) is 25.2 Å². The molecular weight excluding hydrogens is 524 g/mol. The van der Waals surface area contributed by atoms with E-state index in [-0.39, 0.29) is 11.9 Å². The maximum atomic E-state index is 12.5. The van der Waals surface area contributed by atoms with Gasteiger partial charge in [-0.15, -0.1) is 0 Å². The molecule has 0 heterocycles. The summed E-state index contributed by atoms with van der Waals surface area (Å²) < 4.78 is 10.5. The summed E-state index contributed by atoms with van der Waals surface area (Å²) in [5.74, 6) is -0.711. The molecule has 6 nitrogen and oxygen atoms in total. The topological polar surface area (TPSA) is 59.1 Å². The molecule has 0 aliphatic heterocycles. The summed E-state index contributed by atoms with van der Waals surface area (Å²) in [6.45, 7) is 4.22. The van der Waals surface area contributed by atoms with Gasteiger partial charge in [-0.05, 0) is 98.8 Å². The average molecular weight is 557 g/mol. The van der Waals surface area contributed by atoms with Crippen LogP contribution < -0.4 is 9.80 Å². The second-order valence-corrected chi connectivity index (χ2v) is 9.40. The van der Waals surface area contributed by atoms with Crippen LogP contribution in [0.3, 0.4) is 0 Å². The van der Waals surface area contributed by atoms with Crippen LogP contribution in [0.25, 0.3) is 0 Å². The number of benzene rings is 5. The molecule has 0 aliphatic rings. The van der Waals surface area contributed by atoms with E-state index in [4.69, 9.17) is 9.47 Å². The number of anilines is 6. The minimum atomic E-state index is -0.355. The van der Waals surface area contributed by atoms with Crippen LogP contribution in [-0.2, 0) is 9.47 Å². The summed E-state index contributed by atoms with van der Waals surface area (Å²) >= 11 is 0. The SMILES string of the molecule is CCOC(=O)c1cccc(N(c2ccccc2)c2ccc(N(c3ccccc3)c3cccc(C(=O)OCC)c3)cc2)c1. The largest absolute Gasteiger partial charge is 0.462 e. The molecule has 0 amide bonds. The Balaban J connectivity index is 1.56. The molecule has 0 spiro atoms. The molecule has 0 unspecified atom stereocenters. The van der Waals surface area contributed by atoms with Gasteiger partial charge >= 0.3 is 11.9 Å². The highest BCUT2D eigenvalue weighted by atomic mass is 16.5. The highest BCUT2D eigenvalue weighted by Crippen LogP contribution is 2.39. The fourth-order valence-corrected chi connectivity index (χ4v) is 4.77. The molecule has 0 atom stereocenters. The predicted molar refractivity (Wildman–Crippen MR) is 168 cm³/mol. The van der Waals surface area contributed by atoms with Crippen LogP contribution in [0.2, 0.25) is 0 Å². The Hall–Kier alpha value is -5.36. The van der Waals surface area contributed by atoms with Crippen LogP contribution in [0, 0.1) is 0 Å². The first kappa shape index (κ1) is 28.2. The normalized spacial score (nSPS) is 10.5. The van der Waals surface area contributed by atoms with E-state index in [9.17, 15) is 9.59 Å². The Morgan fingerprint density at radius 3 is 1.14 bits per heavy atom. The number of carbonyl (C=O) groups excluding carboxylic acids is 2. The number of rotatable bonds is 10. The van der Waals surface area contributed by atoms with E-state index < -0.39 is 0 Å². The number of ether oxygens (including phenoxy) is 2. The van der Waals surface area contributed by atoms with E-state index >= 15 is 0 Å². The van der Waals surface area contributed by atoms with Crippen LogP contribution in [0.5, 0.6) is 0 Å². The van der Waals surface area contributed by atoms with E-state index in [1.165, 1.54) is 0 Å². The van der Waals surface area contributed by atoms with Crippen molar-refractivity contribution in [2.45, 2.75) is 13.8 Å². The zero-order valence-corrected chi connectivity index (χ0v) is 23.6. The minimum Gasteiger partial charge on any atom is -0.462 e. The smallest absolute Gasteiger partial charge is 0.338 e. The van der Waals surface area contributed by atoms with Gasteiger partial charge in [-0.1, -0.05) is 48.5 Å². The van der Waals surface area contributed by atoms with E-state index in [1.54, 1.807) is 26.0 Å². The van der Waals surface area contributed by atoms with Gasteiger partial charge in [-0.3, -0.25) is 0 Å². The Labute approximate surface area is 246 Å². The molecule has 0 fully saturated rings. The van der Waals surface area contributed by atoms with Crippen molar-refractivity contribution in [2.75, 3.05) is 23.0 Å². The molecule has 5 aromatic rings. The quantitative estimate of drug-likeness (QED) is 0.160. The first-order valence-corrected chi connectivity index (χ1v) is 13.9. The van der Waals surface area contributed by atoms with Crippen molar-refractivity contribution in [1.29, 1.82) is 0 Å². The number of hydrogen-bond acceptors (Lipinski definition) is 6. The lowest BCUT2D eigenvalue weighted by Crippen LogP contribution is -2.13. The van der Waals surface area contributed by atoms with Crippen LogP contribution in [0.1, 0.15) is 34.6 Å². The fourth-order valence-electron chi connectivity index (χ4n) is 4.77. The first-order chi connectivity index (χ1) is 20.6. The standard InChI is InChI=1S/C36H32N2O4/c1-3-41-35(39)27-13-11-19-33(25-27)37(29-15-7-5-8-16-29)31-21-23-32(24-22-31)38(30-17-9-6-10-18-30)34-20-12-14-28(26-34)36(40)42-4-2/h5-26H,3-4H2,1-2H3. The van der Waals surface area contributed by atoms with Crippen molar-refractivity contribution < 1.29 is 19.1 Å². The first-order valence-electron chi connectivity index (χ1n) is 13.9. The molecule has 0 saturated carbocycles. The molecule has 210 valence electrons. The van der Waals surface area contributed by atoms with Gasteiger partial charge in [-0.2, -0.15) is 0 Å². The lowest BCUT2D eigenvalue weighted by Gasteiger charge is -2.28. The summed E-state index contributed by atoms with van der Waals surface area (Å²) in [6, 6.07) is 43.1. The lowest BCUT2D eigenvalue weighted by molar-refractivity contribution is 0.0517. The van der Waals surface area contributed by atoms with E-state index in [0.29, 0.717) is 24.3 Å². The molecule has 6 heteroatoms. The maximum Gasteiger partial charge on any atom is 0.338 e. The Morgan fingerprint density at radius 2 is 0.786 bits per heavy atom. The molecule has 0 aliphatic carbocycles. The van der Waals surface area contributed by atoms with Gasteiger partial charge in [0.05, 0.1) is 24.3 Å². The Bertz CT molecular complexity index is 1510. The number of para-hydroxylation sites is 2. The molecular formula is C36H32N2O4. The van der Waals surface area contributed by atoms with Crippen molar-refractivity contribution >= 4 is 46.1 Å². The number of esters is 2. The van der Waals surface area contributed by atoms with Crippen LogP contribution in [0.4, 0.5) is 34.1 Å². The summed E-state index contributed by atoms with van der Waals surface area (Å²) in [7, 11) is 0. The van der Waals surface area contributed by atoms with E-state index in [2.05, 4.69) is 9.80 Å². The van der Waals surface area contributed by atoms with Crippen LogP contribution >= 0.6 is 0 Å². The zero-order chi connectivity index (χ0) is 29.3. The van der Waals surface area contributed by atoms with Gasteiger partial charge in [0.15, 0.2) is 0 Å². The second-order valence-electron chi connectivity index (χ2n) is 9.40. The Kier molecular flexibility index (Phi) is 8.94. The van der Waals surface area contributed by atoms with Gasteiger partial charge in [0.25, 0.3) is 0 Å². The molecule has 0 aromatic heterocycles. The van der Waals surface area contributed by atoms with Crippen molar-refractivity contribution in [3.8, 4) is 0 Å². The van der Waals surface area contributed by atoms with Gasteiger partial charge < -0.3 is 19.3 Å². The molecule has 0 saturated heterocycles. The van der Waals surface area contributed by atoms with Crippen molar-refractivity contribution in [3.63, 3.8) is 0 Å². The minimum absolute atomic E-state index is 0.313. The molecule has 5 aromatic carbocycles. The number of hydrogen-bond donors (Lipinski definition) is 0. The third-order valence-corrected chi connectivity index (χ3v) is 6.63. The molecule has 0 radical (unpaired) electrons. The van der Waals surface area contributed by atoms with Gasteiger partial charge in [0, 0.05) is 34.1 Å². The van der Waals surface area contributed by atoms with E-state index in [1.807, 2.05) is 121 Å². The zero-order valence-electron chi connectivity index (χ0n) is 23.6. The van der Waals surface area contributed by atoms with Crippen LogP contribution in [0.15, 0.2) is 133 Å². The monoisotopic (exact) mass is 556 g/mol. The van der Waals surface area contributed by atoms with E-state index in [0.717, 1.165) is 34.1 Å². The summed E-state index contributed by atoms with van der Waals surface area (Å²) in [4.78, 5) is 29.2. The maximum absolute atomic E-state index is 12.5. The Morgan fingerprint density at radius 1 is 0.452 bits per heavy atom. The second kappa shape index (κ2) is 13.3. The summed E-state index contributed by atoms with van der Waals surface area (Å²) in [5, 5.41) is 0. The molecule has 42 heavy (non-hydrogen) atoms. The van der Waals surface area contributed by atoms with Crippen molar-refractivity contribution in [2.24, 2.45) is 0 Å². The van der Waals surface area contributed by atoms with Gasteiger partial charge in [0.2, 0.25) is 0 Å².